The Morgan fingerprint density at radius 1 is 1.33 bits per heavy atom. The van der Waals surface area contributed by atoms with Crippen molar-refractivity contribution in [2.24, 2.45) is 34.5 Å². The Balaban J connectivity index is 1.74. The van der Waals surface area contributed by atoms with Gasteiger partial charge in [0, 0.05) is 16.7 Å². The minimum Gasteiger partial charge on any atom is -0.393 e. The smallest absolute Gasteiger partial charge is 0.178 e. The number of alkyl halides is 1. The Hall–Kier alpha value is -0.450. The molecule has 3 nitrogen and oxygen atoms in total. The molecule has 0 aromatic carbocycles. The lowest BCUT2D eigenvalue weighted by molar-refractivity contribution is -0.131. The highest BCUT2D eigenvalue weighted by atomic mass is 79.9. The van der Waals surface area contributed by atoms with Gasteiger partial charge in [0.15, 0.2) is 5.78 Å². The summed E-state index contributed by atoms with van der Waals surface area (Å²) in [4.78, 5) is 11.8. The third-order valence-electron chi connectivity index (χ3n) is 7.81. The summed E-state index contributed by atoms with van der Waals surface area (Å²) >= 11 is 3.57. The predicted octanol–water partition coefficient (Wildman–Crippen LogP) is 3.25. The van der Waals surface area contributed by atoms with E-state index in [1.54, 1.807) is 12.2 Å². The first-order valence-electron chi connectivity index (χ1n) is 9.17. The number of aliphatic hydroxyl groups excluding tert-OH is 2. The van der Waals surface area contributed by atoms with Crippen LogP contribution in [0.4, 0.5) is 0 Å². The van der Waals surface area contributed by atoms with E-state index in [0.717, 1.165) is 24.6 Å². The van der Waals surface area contributed by atoms with Crippen molar-refractivity contribution >= 4 is 21.7 Å². The average molecular weight is 395 g/mol. The van der Waals surface area contributed by atoms with Gasteiger partial charge in [-0.25, -0.2) is 0 Å². The van der Waals surface area contributed by atoms with Gasteiger partial charge in [-0.1, -0.05) is 41.4 Å². The lowest BCUT2D eigenvalue weighted by atomic mass is 9.47. The molecule has 4 aliphatic carbocycles. The highest BCUT2D eigenvalue weighted by Gasteiger charge is 2.63. The van der Waals surface area contributed by atoms with E-state index in [1.807, 2.05) is 6.08 Å². The zero-order valence-corrected chi connectivity index (χ0v) is 16.0. The van der Waals surface area contributed by atoms with Crippen molar-refractivity contribution in [2.45, 2.75) is 51.7 Å². The third-order valence-corrected chi connectivity index (χ3v) is 8.64. The second-order valence-corrected chi connectivity index (χ2v) is 9.54. The molecule has 3 saturated carbocycles. The first-order valence-corrected chi connectivity index (χ1v) is 10.3. The van der Waals surface area contributed by atoms with Crippen LogP contribution in [-0.2, 0) is 4.79 Å². The molecule has 0 aliphatic heterocycles. The second kappa shape index (κ2) is 5.52. The minimum atomic E-state index is -0.425. The fourth-order valence-corrected chi connectivity index (χ4v) is 7.25. The van der Waals surface area contributed by atoms with E-state index in [-0.39, 0.29) is 34.6 Å². The van der Waals surface area contributed by atoms with Crippen LogP contribution in [0.3, 0.4) is 0 Å². The van der Waals surface area contributed by atoms with E-state index < -0.39 is 6.10 Å². The van der Waals surface area contributed by atoms with Crippen LogP contribution in [0.2, 0.25) is 0 Å². The van der Waals surface area contributed by atoms with Crippen molar-refractivity contribution in [1.29, 1.82) is 0 Å². The first-order chi connectivity index (χ1) is 11.3. The molecule has 0 spiro atoms. The van der Waals surface area contributed by atoms with Crippen molar-refractivity contribution in [3.05, 3.63) is 23.8 Å². The van der Waals surface area contributed by atoms with Crippen LogP contribution in [0, 0.1) is 34.5 Å². The van der Waals surface area contributed by atoms with Gasteiger partial charge in [0.05, 0.1) is 12.2 Å². The first kappa shape index (κ1) is 17.0. The lowest BCUT2D eigenvalue weighted by Gasteiger charge is -2.58. The lowest BCUT2D eigenvalue weighted by Crippen LogP contribution is -2.56. The molecule has 0 aromatic rings. The molecule has 0 bridgehead atoms. The van der Waals surface area contributed by atoms with Crippen molar-refractivity contribution in [2.75, 3.05) is 5.33 Å². The quantitative estimate of drug-likeness (QED) is 0.671. The number of hydrogen-bond donors (Lipinski definition) is 2. The zero-order valence-electron chi connectivity index (χ0n) is 14.4. The number of carbonyl (C=O) groups excluding carboxylic acids is 1. The molecule has 0 amide bonds. The molecule has 4 rings (SSSR count). The van der Waals surface area contributed by atoms with Gasteiger partial charge in [-0.2, -0.15) is 0 Å². The summed E-state index contributed by atoms with van der Waals surface area (Å²) in [5.41, 5.74) is 0.786. The van der Waals surface area contributed by atoms with E-state index >= 15 is 0 Å². The maximum absolute atomic E-state index is 11.8. The van der Waals surface area contributed by atoms with Crippen molar-refractivity contribution in [3.63, 3.8) is 0 Å². The van der Waals surface area contributed by atoms with E-state index in [1.165, 1.54) is 5.57 Å². The van der Waals surface area contributed by atoms with E-state index in [0.29, 0.717) is 18.3 Å². The highest BCUT2D eigenvalue weighted by Crippen LogP contribution is 2.65. The van der Waals surface area contributed by atoms with Crippen LogP contribution >= 0.6 is 15.9 Å². The summed E-state index contributed by atoms with van der Waals surface area (Å²) in [6.07, 6.45) is 8.40. The molecule has 4 heteroatoms. The van der Waals surface area contributed by atoms with Crippen LogP contribution in [0.1, 0.15) is 39.5 Å². The topological polar surface area (TPSA) is 57.5 Å². The fraction of sp³-hybridized carbons (Fsp3) is 0.750. The van der Waals surface area contributed by atoms with Crippen LogP contribution in [-0.4, -0.2) is 33.5 Å². The molecule has 24 heavy (non-hydrogen) atoms. The third kappa shape index (κ3) is 2.12. The summed E-state index contributed by atoms with van der Waals surface area (Å²) in [7, 11) is 0. The zero-order chi connectivity index (χ0) is 17.3. The van der Waals surface area contributed by atoms with Crippen molar-refractivity contribution in [1.82, 2.24) is 0 Å². The van der Waals surface area contributed by atoms with Crippen LogP contribution in [0.25, 0.3) is 0 Å². The molecule has 2 N–H and O–H groups in total. The number of hydrogen-bond acceptors (Lipinski definition) is 3. The summed E-state index contributed by atoms with van der Waals surface area (Å²) < 4.78 is 0. The summed E-state index contributed by atoms with van der Waals surface area (Å²) in [6, 6.07) is 0. The fourth-order valence-electron chi connectivity index (χ4n) is 6.63. The van der Waals surface area contributed by atoms with Crippen LogP contribution < -0.4 is 0 Å². The standard InChI is InChI=1S/C20H27BrO3/c1-19-6-5-13(22)8-12(19)3-4-14-15-7-11(10-21)18(24)20(15,2)9-16(23)17(14)19/h5-6,8,11,14-18,23-24H,3-4,7,9-10H2,1-2H3/t11-,14-,15-,16-,17+,18+,19-,20-/m0/s1. The maximum Gasteiger partial charge on any atom is 0.178 e. The molecule has 0 saturated heterocycles. The van der Waals surface area contributed by atoms with E-state index in [4.69, 9.17) is 0 Å². The predicted molar refractivity (Wildman–Crippen MR) is 96.7 cm³/mol. The maximum atomic E-state index is 11.8. The second-order valence-electron chi connectivity index (χ2n) is 8.89. The Kier molecular flexibility index (Phi) is 3.91. The van der Waals surface area contributed by atoms with Crippen LogP contribution in [0.5, 0.6) is 0 Å². The van der Waals surface area contributed by atoms with E-state index in [2.05, 4.69) is 29.8 Å². The van der Waals surface area contributed by atoms with Gasteiger partial charge in [-0.05, 0) is 61.0 Å². The highest BCUT2D eigenvalue weighted by molar-refractivity contribution is 9.09. The Morgan fingerprint density at radius 3 is 2.79 bits per heavy atom. The van der Waals surface area contributed by atoms with Gasteiger partial charge in [0.1, 0.15) is 0 Å². The number of fused-ring (bicyclic) bond motifs is 5. The van der Waals surface area contributed by atoms with Crippen molar-refractivity contribution in [3.8, 4) is 0 Å². The normalized spacial score (nSPS) is 53.2. The van der Waals surface area contributed by atoms with Gasteiger partial charge < -0.3 is 10.2 Å². The molecule has 0 unspecified atom stereocenters. The number of aliphatic hydroxyl groups is 2. The van der Waals surface area contributed by atoms with Gasteiger partial charge >= 0.3 is 0 Å². The van der Waals surface area contributed by atoms with E-state index in [9.17, 15) is 15.0 Å². The largest absolute Gasteiger partial charge is 0.393 e. The monoisotopic (exact) mass is 394 g/mol. The molecule has 132 valence electrons. The number of halogens is 1. The van der Waals surface area contributed by atoms with Gasteiger partial charge in [0.2, 0.25) is 0 Å². The Bertz CT molecular complexity index is 626. The van der Waals surface area contributed by atoms with Gasteiger partial charge in [-0.3, -0.25) is 4.79 Å². The number of carbonyl (C=O) groups is 1. The molecule has 0 aromatic heterocycles. The summed E-state index contributed by atoms with van der Waals surface area (Å²) in [5, 5.41) is 22.8. The Labute approximate surface area is 152 Å². The molecular weight excluding hydrogens is 368 g/mol. The van der Waals surface area contributed by atoms with Crippen LogP contribution in [0.15, 0.2) is 23.8 Å². The van der Waals surface area contributed by atoms with Gasteiger partial charge in [0.25, 0.3) is 0 Å². The SMILES string of the molecule is C[C@]12C[C@H](O)[C@H]3[C@@H](CCC4=CC(=O)C=C[C@@]43C)[C@@H]1C[C@@H](CBr)[C@H]2O. The minimum absolute atomic E-state index is 0.0757. The number of allylic oxidation sites excluding steroid dienone is 4. The summed E-state index contributed by atoms with van der Waals surface area (Å²) in [5.74, 6) is 1.37. The van der Waals surface area contributed by atoms with Gasteiger partial charge in [-0.15, -0.1) is 0 Å². The Morgan fingerprint density at radius 2 is 2.08 bits per heavy atom. The molecule has 0 radical (unpaired) electrons. The molecule has 8 atom stereocenters. The number of ketones is 1. The molecule has 3 fully saturated rings. The molecular formula is C20H27BrO3. The number of rotatable bonds is 1. The average Bonchev–Trinajstić information content (AvgIpc) is 2.79. The molecule has 0 heterocycles. The van der Waals surface area contributed by atoms with Crippen molar-refractivity contribution < 1.29 is 15.0 Å². The molecule has 4 aliphatic rings. The summed E-state index contributed by atoms with van der Waals surface area (Å²) in [6.45, 7) is 4.37.